The van der Waals surface area contributed by atoms with Gasteiger partial charge in [0.15, 0.2) is 0 Å². The van der Waals surface area contributed by atoms with Gasteiger partial charge >= 0.3 is 0 Å². The van der Waals surface area contributed by atoms with Gasteiger partial charge in [-0.2, -0.15) is 0 Å². The van der Waals surface area contributed by atoms with E-state index < -0.39 is 0 Å². The fourth-order valence-corrected chi connectivity index (χ4v) is 2.95. The monoisotopic (exact) mass is 326 g/mol. The van der Waals surface area contributed by atoms with Crippen molar-refractivity contribution in [3.8, 4) is 11.3 Å². The summed E-state index contributed by atoms with van der Waals surface area (Å²) in [5, 5.41) is 2.02. The third-order valence-electron chi connectivity index (χ3n) is 2.68. The van der Waals surface area contributed by atoms with Crippen LogP contribution in [0, 0.1) is 6.92 Å². The molecular formula is C12H8BrClN2S. The highest BCUT2D eigenvalue weighted by Gasteiger charge is 2.08. The molecule has 3 aromatic heterocycles. The van der Waals surface area contributed by atoms with Gasteiger partial charge in [-0.25, -0.2) is 4.98 Å². The van der Waals surface area contributed by atoms with Crippen molar-refractivity contribution in [2.45, 2.75) is 6.92 Å². The third-order valence-corrected chi connectivity index (χ3v) is 4.61. The maximum absolute atomic E-state index is 5.94. The van der Waals surface area contributed by atoms with Crippen molar-refractivity contribution in [2.24, 2.45) is 0 Å². The summed E-state index contributed by atoms with van der Waals surface area (Å²) < 4.78 is 3.94. The van der Waals surface area contributed by atoms with Crippen molar-refractivity contribution in [1.29, 1.82) is 0 Å². The normalized spacial score (nSPS) is 11.2. The Hall–Kier alpha value is -0.840. The standard InChI is InChI=1S/C12H8BrClN2S/c1-7-9(13)2-3-12-15-10(5-16(7)12)8-4-11(14)17-6-8/h2-6H,1H3. The van der Waals surface area contributed by atoms with Crippen molar-refractivity contribution in [3.05, 3.63) is 44.3 Å². The molecule has 0 spiro atoms. The van der Waals surface area contributed by atoms with Crippen LogP contribution < -0.4 is 0 Å². The molecule has 0 aliphatic rings. The average molecular weight is 328 g/mol. The Morgan fingerprint density at radius 1 is 1.41 bits per heavy atom. The molecule has 0 fully saturated rings. The van der Waals surface area contributed by atoms with Crippen molar-refractivity contribution in [1.82, 2.24) is 9.38 Å². The molecule has 0 saturated carbocycles. The quantitative estimate of drug-likeness (QED) is 0.628. The number of pyridine rings is 1. The molecule has 0 aliphatic heterocycles. The molecule has 3 heterocycles. The van der Waals surface area contributed by atoms with Crippen LogP contribution in [0.4, 0.5) is 0 Å². The summed E-state index contributed by atoms with van der Waals surface area (Å²) in [4.78, 5) is 4.59. The number of hydrogen-bond acceptors (Lipinski definition) is 2. The van der Waals surface area contributed by atoms with E-state index >= 15 is 0 Å². The number of thiophene rings is 1. The minimum atomic E-state index is 0.787. The Bertz CT molecular complexity index is 702. The summed E-state index contributed by atoms with van der Waals surface area (Å²) in [6.07, 6.45) is 2.04. The molecule has 86 valence electrons. The van der Waals surface area contributed by atoms with Crippen molar-refractivity contribution < 1.29 is 0 Å². The molecule has 0 aromatic carbocycles. The van der Waals surface area contributed by atoms with Gasteiger partial charge in [-0.1, -0.05) is 11.6 Å². The molecule has 0 bridgehead atoms. The van der Waals surface area contributed by atoms with Crippen LogP contribution in [0.3, 0.4) is 0 Å². The molecule has 2 nitrogen and oxygen atoms in total. The van der Waals surface area contributed by atoms with Crippen molar-refractivity contribution in [2.75, 3.05) is 0 Å². The van der Waals surface area contributed by atoms with E-state index in [0.29, 0.717) is 0 Å². The second kappa shape index (κ2) is 4.12. The predicted octanol–water partition coefficient (Wildman–Crippen LogP) is 4.79. The highest BCUT2D eigenvalue weighted by Crippen LogP contribution is 2.29. The predicted molar refractivity (Wildman–Crippen MR) is 76.0 cm³/mol. The first-order valence-corrected chi connectivity index (χ1v) is 7.09. The number of aryl methyl sites for hydroxylation is 1. The lowest BCUT2D eigenvalue weighted by Crippen LogP contribution is -1.89. The van der Waals surface area contributed by atoms with Gasteiger partial charge in [-0.15, -0.1) is 11.3 Å². The highest BCUT2D eigenvalue weighted by molar-refractivity contribution is 9.10. The molecule has 0 aliphatic carbocycles. The second-order valence-corrected chi connectivity index (χ2v) is 6.16. The number of imidazole rings is 1. The lowest BCUT2D eigenvalue weighted by Gasteiger charge is -2.00. The van der Waals surface area contributed by atoms with Gasteiger partial charge in [0.2, 0.25) is 0 Å². The van der Waals surface area contributed by atoms with Crippen molar-refractivity contribution >= 4 is 44.5 Å². The molecule has 0 amide bonds. The Morgan fingerprint density at radius 3 is 2.94 bits per heavy atom. The van der Waals surface area contributed by atoms with Crippen LogP contribution in [0.15, 0.2) is 34.2 Å². The smallest absolute Gasteiger partial charge is 0.137 e. The SMILES string of the molecule is Cc1c(Br)ccc2nc(-c3csc(Cl)c3)cn12. The van der Waals surface area contributed by atoms with Gasteiger partial charge in [-0.05, 0) is 41.1 Å². The largest absolute Gasteiger partial charge is 0.303 e. The van der Waals surface area contributed by atoms with Gasteiger partial charge in [0, 0.05) is 27.3 Å². The van der Waals surface area contributed by atoms with E-state index in [-0.39, 0.29) is 0 Å². The Kier molecular flexibility index (Phi) is 2.73. The molecule has 3 rings (SSSR count). The molecule has 0 N–H and O–H groups in total. The van der Waals surface area contributed by atoms with E-state index in [4.69, 9.17) is 11.6 Å². The first-order chi connectivity index (χ1) is 8.15. The summed E-state index contributed by atoms with van der Waals surface area (Å²) in [6, 6.07) is 5.95. The number of fused-ring (bicyclic) bond motifs is 1. The molecule has 17 heavy (non-hydrogen) atoms. The van der Waals surface area contributed by atoms with Crippen LogP contribution in [0.1, 0.15) is 5.69 Å². The number of rotatable bonds is 1. The van der Waals surface area contributed by atoms with E-state index in [1.807, 2.05) is 29.8 Å². The zero-order valence-electron chi connectivity index (χ0n) is 8.95. The minimum Gasteiger partial charge on any atom is -0.303 e. The van der Waals surface area contributed by atoms with E-state index in [9.17, 15) is 0 Å². The zero-order chi connectivity index (χ0) is 12.0. The average Bonchev–Trinajstić information content (AvgIpc) is 2.90. The maximum Gasteiger partial charge on any atom is 0.137 e. The van der Waals surface area contributed by atoms with Gasteiger partial charge in [0.05, 0.1) is 10.0 Å². The topological polar surface area (TPSA) is 17.3 Å². The van der Waals surface area contributed by atoms with Crippen LogP contribution in [-0.4, -0.2) is 9.38 Å². The van der Waals surface area contributed by atoms with Gasteiger partial charge in [0.1, 0.15) is 5.65 Å². The molecule has 5 heteroatoms. The van der Waals surface area contributed by atoms with Crippen LogP contribution in [0.25, 0.3) is 16.9 Å². The van der Waals surface area contributed by atoms with E-state index in [1.165, 1.54) is 11.3 Å². The minimum absolute atomic E-state index is 0.787. The fraction of sp³-hybridized carbons (Fsp3) is 0.0833. The number of aromatic nitrogens is 2. The van der Waals surface area contributed by atoms with Crippen LogP contribution >= 0.6 is 38.9 Å². The molecule has 0 unspecified atom stereocenters. The Morgan fingerprint density at radius 2 is 2.24 bits per heavy atom. The molecular weight excluding hydrogens is 320 g/mol. The third kappa shape index (κ3) is 1.90. The molecule has 0 saturated heterocycles. The van der Waals surface area contributed by atoms with Crippen LogP contribution in [0.2, 0.25) is 4.34 Å². The second-order valence-electron chi connectivity index (χ2n) is 3.76. The zero-order valence-corrected chi connectivity index (χ0v) is 12.1. The Labute approximate surface area is 116 Å². The lowest BCUT2D eigenvalue weighted by molar-refractivity contribution is 1.08. The summed E-state index contributed by atoms with van der Waals surface area (Å²) in [7, 11) is 0. The molecule has 3 aromatic rings. The summed E-state index contributed by atoms with van der Waals surface area (Å²) in [6.45, 7) is 2.06. The maximum atomic E-state index is 5.94. The number of nitrogens with zero attached hydrogens (tertiary/aromatic N) is 2. The molecule has 0 radical (unpaired) electrons. The van der Waals surface area contributed by atoms with E-state index in [2.05, 4.69) is 32.2 Å². The lowest BCUT2D eigenvalue weighted by atomic mass is 10.3. The van der Waals surface area contributed by atoms with E-state index in [1.54, 1.807) is 0 Å². The Balaban J connectivity index is 2.23. The van der Waals surface area contributed by atoms with Crippen molar-refractivity contribution in [3.63, 3.8) is 0 Å². The first kappa shape index (κ1) is 11.3. The molecule has 0 atom stereocenters. The highest BCUT2D eigenvalue weighted by atomic mass is 79.9. The van der Waals surface area contributed by atoms with Gasteiger partial charge < -0.3 is 4.40 Å². The number of halogens is 2. The fourth-order valence-electron chi connectivity index (χ4n) is 1.75. The summed E-state index contributed by atoms with van der Waals surface area (Å²) in [5.41, 5.74) is 4.11. The van der Waals surface area contributed by atoms with Gasteiger partial charge in [0.25, 0.3) is 0 Å². The van der Waals surface area contributed by atoms with E-state index in [0.717, 1.165) is 31.4 Å². The van der Waals surface area contributed by atoms with Gasteiger partial charge in [-0.3, -0.25) is 0 Å². The summed E-state index contributed by atoms with van der Waals surface area (Å²) in [5.74, 6) is 0. The van der Waals surface area contributed by atoms with Crippen LogP contribution in [0.5, 0.6) is 0 Å². The first-order valence-electron chi connectivity index (χ1n) is 5.04. The van der Waals surface area contributed by atoms with Crippen LogP contribution in [-0.2, 0) is 0 Å². The summed E-state index contributed by atoms with van der Waals surface area (Å²) >= 11 is 11.0. The number of hydrogen-bond donors (Lipinski definition) is 0.